The van der Waals surface area contributed by atoms with E-state index in [4.69, 9.17) is 4.42 Å². The highest BCUT2D eigenvalue weighted by Crippen LogP contribution is 2.21. The summed E-state index contributed by atoms with van der Waals surface area (Å²) in [5, 5.41) is 13.9. The molecule has 0 unspecified atom stereocenters. The fourth-order valence-corrected chi connectivity index (χ4v) is 3.19. The minimum atomic E-state index is -0.151. The lowest BCUT2D eigenvalue weighted by Gasteiger charge is -2.22. The van der Waals surface area contributed by atoms with Crippen LogP contribution in [-0.2, 0) is 0 Å². The van der Waals surface area contributed by atoms with E-state index in [9.17, 15) is 9.59 Å². The maximum Gasteiger partial charge on any atom is 0.289 e. The number of tetrazole rings is 1. The van der Waals surface area contributed by atoms with Gasteiger partial charge in [-0.2, -0.15) is 5.21 Å². The van der Waals surface area contributed by atoms with Crippen LogP contribution >= 0.6 is 0 Å². The number of aromatic nitrogens is 4. The van der Waals surface area contributed by atoms with Crippen LogP contribution in [0.2, 0.25) is 0 Å². The maximum atomic E-state index is 13.1. The molecule has 0 bridgehead atoms. The topological polar surface area (TPSA) is 108 Å². The number of carbonyl (C=O) groups is 2. The molecular formula is C18H18N6O3. The Morgan fingerprint density at radius 3 is 2.44 bits per heavy atom. The van der Waals surface area contributed by atoms with Crippen LogP contribution in [0, 0.1) is 0 Å². The number of hydrogen-bond acceptors (Lipinski definition) is 6. The van der Waals surface area contributed by atoms with Gasteiger partial charge < -0.3 is 14.2 Å². The molecule has 9 nitrogen and oxygen atoms in total. The molecule has 1 aliphatic heterocycles. The molecular weight excluding hydrogens is 348 g/mol. The van der Waals surface area contributed by atoms with Gasteiger partial charge in [-0.3, -0.25) is 9.59 Å². The Hall–Kier alpha value is -3.49. The van der Waals surface area contributed by atoms with Gasteiger partial charge in [0, 0.05) is 31.7 Å². The van der Waals surface area contributed by atoms with Crippen molar-refractivity contribution in [3.05, 3.63) is 54.0 Å². The number of carbonyl (C=O) groups excluding carboxylic acids is 2. The molecule has 0 saturated carbocycles. The molecule has 1 fully saturated rings. The third-order valence-electron chi connectivity index (χ3n) is 4.55. The molecule has 3 heterocycles. The summed E-state index contributed by atoms with van der Waals surface area (Å²) in [6.07, 6.45) is 2.18. The molecule has 3 aromatic rings. The summed E-state index contributed by atoms with van der Waals surface area (Å²) in [5.74, 6) is 0.435. The number of nitrogens with zero attached hydrogens (tertiary/aromatic N) is 5. The fraction of sp³-hybridized carbons (Fsp3) is 0.278. The maximum absolute atomic E-state index is 13.1. The van der Waals surface area contributed by atoms with Crippen molar-refractivity contribution in [2.24, 2.45) is 0 Å². The third kappa shape index (κ3) is 3.43. The molecule has 0 aliphatic carbocycles. The number of benzene rings is 1. The first-order valence-corrected chi connectivity index (χ1v) is 8.69. The smallest absolute Gasteiger partial charge is 0.289 e. The van der Waals surface area contributed by atoms with Gasteiger partial charge in [0.25, 0.3) is 11.8 Å². The Labute approximate surface area is 155 Å². The average molecular weight is 366 g/mol. The van der Waals surface area contributed by atoms with E-state index in [-0.39, 0.29) is 11.8 Å². The van der Waals surface area contributed by atoms with Crippen LogP contribution < -0.4 is 0 Å². The van der Waals surface area contributed by atoms with Gasteiger partial charge in [0.15, 0.2) is 5.76 Å². The molecule has 0 radical (unpaired) electrons. The zero-order valence-electron chi connectivity index (χ0n) is 14.5. The quantitative estimate of drug-likeness (QED) is 0.751. The third-order valence-corrected chi connectivity index (χ3v) is 4.55. The number of nitrogens with one attached hydrogen (secondary N) is 1. The number of amides is 2. The largest absolute Gasteiger partial charge is 0.459 e. The Balaban J connectivity index is 1.50. The Morgan fingerprint density at radius 1 is 0.963 bits per heavy atom. The average Bonchev–Trinajstić information content (AvgIpc) is 3.37. The van der Waals surface area contributed by atoms with Gasteiger partial charge in [-0.05, 0) is 29.8 Å². The predicted molar refractivity (Wildman–Crippen MR) is 94.7 cm³/mol. The lowest BCUT2D eigenvalue weighted by molar-refractivity contribution is 0.0700. The second-order valence-corrected chi connectivity index (χ2v) is 6.20. The lowest BCUT2D eigenvalue weighted by Crippen LogP contribution is -2.37. The molecule has 9 heteroatoms. The van der Waals surface area contributed by atoms with Gasteiger partial charge >= 0.3 is 0 Å². The molecule has 0 spiro atoms. The minimum absolute atomic E-state index is 0.109. The molecule has 138 valence electrons. The molecule has 1 N–H and O–H groups in total. The zero-order valence-corrected chi connectivity index (χ0v) is 14.5. The van der Waals surface area contributed by atoms with Gasteiger partial charge in [-0.1, -0.05) is 18.2 Å². The summed E-state index contributed by atoms with van der Waals surface area (Å²) < 4.78 is 5.20. The summed E-state index contributed by atoms with van der Waals surface area (Å²) in [4.78, 5) is 29.0. The van der Waals surface area contributed by atoms with Crippen LogP contribution in [0.25, 0.3) is 11.4 Å². The van der Waals surface area contributed by atoms with Gasteiger partial charge in [0.05, 0.1) is 11.8 Å². The molecule has 2 aromatic heterocycles. The first-order valence-electron chi connectivity index (χ1n) is 8.69. The second-order valence-electron chi connectivity index (χ2n) is 6.20. The van der Waals surface area contributed by atoms with E-state index in [1.54, 1.807) is 40.1 Å². The standard InChI is InChI=1S/C18H18N6O3/c25-17(14-6-2-1-5-13(14)16-19-21-22-20-16)23-8-4-9-24(11-10-23)18(26)15-7-3-12-27-15/h1-3,5-7,12H,4,8-11H2,(H,19,20,21,22). The monoisotopic (exact) mass is 366 g/mol. The molecule has 1 saturated heterocycles. The highest BCUT2D eigenvalue weighted by Gasteiger charge is 2.26. The van der Waals surface area contributed by atoms with Gasteiger partial charge in [0.1, 0.15) is 0 Å². The van der Waals surface area contributed by atoms with Crippen molar-refractivity contribution >= 4 is 11.8 Å². The Bertz CT molecular complexity index is 922. The number of furan rings is 1. The van der Waals surface area contributed by atoms with Crippen LogP contribution in [0.5, 0.6) is 0 Å². The molecule has 27 heavy (non-hydrogen) atoms. The SMILES string of the molecule is O=C(c1ccco1)N1CCCN(C(=O)c2ccccc2-c2nn[nH]n2)CC1. The molecule has 1 aliphatic rings. The number of aromatic amines is 1. The van der Waals surface area contributed by atoms with Crippen molar-refractivity contribution in [3.63, 3.8) is 0 Å². The van der Waals surface area contributed by atoms with E-state index in [0.717, 1.165) is 0 Å². The van der Waals surface area contributed by atoms with Crippen LogP contribution in [0.15, 0.2) is 47.1 Å². The second kappa shape index (κ2) is 7.40. The van der Waals surface area contributed by atoms with Crippen molar-refractivity contribution < 1.29 is 14.0 Å². The number of hydrogen-bond donors (Lipinski definition) is 1. The van der Waals surface area contributed by atoms with Crippen LogP contribution in [0.1, 0.15) is 27.3 Å². The highest BCUT2D eigenvalue weighted by atomic mass is 16.3. The van der Waals surface area contributed by atoms with Crippen molar-refractivity contribution in [1.82, 2.24) is 30.4 Å². The zero-order chi connectivity index (χ0) is 18.6. The summed E-state index contributed by atoms with van der Waals surface area (Å²) in [6.45, 7) is 2.05. The summed E-state index contributed by atoms with van der Waals surface area (Å²) in [5.41, 5.74) is 1.15. The first kappa shape index (κ1) is 17.0. The van der Waals surface area contributed by atoms with Gasteiger partial charge in [-0.15, -0.1) is 10.2 Å². The number of H-pyrrole nitrogens is 1. The van der Waals surface area contributed by atoms with E-state index < -0.39 is 0 Å². The minimum Gasteiger partial charge on any atom is -0.459 e. The van der Waals surface area contributed by atoms with Crippen molar-refractivity contribution in [2.45, 2.75) is 6.42 Å². The normalized spacial score (nSPS) is 14.8. The van der Waals surface area contributed by atoms with Crippen molar-refractivity contribution in [2.75, 3.05) is 26.2 Å². The van der Waals surface area contributed by atoms with E-state index in [0.29, 0.717) is 55.3 Å². The Kier molecular flexibility index (Phi) is 4.65. The van der Waals surface area contributed by atoms with Crippen molar-refractivity contribution in [1.29, 1.82) is 0 Å². The van der Waals surface area contributed by atoms with E-state index in [2.05, 4.69) is 20.6 Å². The van der Waals surface area contributed by atoms with Gasteiger partial charge in [0.2, 0.25) is 5.82 Å². The lowest BCUT2D eigenvalue weighted by atomic mass is 10.1. The van der Waals surface area contributed by atoms with E-state index >= 15 is 0 Å². The molecule has 1 aromatic carbocycles. The van der Waals surface area contributed by atoms with Crippen molar-refractivity contribution in [3.8, 4) is 11.4 Å². The molecule has 4 rings (SSSR count). The van der Waals surface area contributed by atoms with Crippen LogP contribution in [0.3, 0.4) is 0 Å². The summed E-state index contributed by atoms with van der Waals surface area (Å²) >= 11 is 0. The Morgan fingerprint density at radius 2 is 1.74 bits per heavy atom. The highest BCUT2D eigenvalue weighted by molar-refractivity contribution is 6.00. The summed E-state index contributed by atoms with van der Waals surface area (Å²) in [6, 6.07) is 10.5. The number of rotatable bonds is 3. The summed E-state index contributed by atoms with van der Waals surface area (Å²) in [7, 11) is 0. The van der Waals surface area contributed by atoms with E-state index in [1.807, 2.05) is 6.07 Å². The first-order chi connectivity index (χ1) is 13.2. The molecule has 2 amide bonds. The van der Waals surface area contributed by atoms with Crippen LogP contribution in [0.4, 0.5) is 0 Å². The fourth-order valence-electron chi connectivity index (χ4n) is 3.19. The molecule has 0 atom stereocenters. The van der Waals surface area contributed by atoms with Gasteiger partial charge in [-0.25, -0.2) is 0 Å². The van der Waals surface area contributed by atoms with E-state index in [1.165, 1.54) is 6.26 Å². The predicted octanol–water partition coefficient (Wildman–Crippen LogP) is 1.45. The van der Waals surface area contributed by atoms with Crippen LogP contribution in [-0.4, -0.2) is 68.4 Å².